The van der Waals surface area contributed by atoms with Crippen molar-refractivity contribution < 1.29 is 18.0 Å². The number of rotatable bonds is 12. The fourth-order valence-electron chi connectivity index (χ4n) is 4.00. The minimum atomic E-state index is -2.45. The average molecular weight is 395 g/mol. The molecule has 1 aliphatic rings. The molecule has 0 saturated heterocycles. The second kappa shape index (κ2) is 12.0. The number of hydrogen-bond donors (Lipinski definition) is 0. The monoisotopic (exact) mass is 394 g/mol. The summed E-state index contributed by atoms with van der Waals surface area (Å²) in [7, 11) is 2.54. The van der Waals surface area contributed by atoms with Gasteiger partial charge in [0, 0.05) is 34.0 Å². The Morgan fingerprint density at radius 3 is 2.07 bits per heavy atom. The molecule has 1 saturated carbocycles. The summed E-state index contributed by atoms with van der Waals surface area (Å²) in [5.41, 5.74) is 2.98. The van der Waals surface area contributed by atoms with Crippen LogP contribution in [0.4, 0.5) is 0 Å². The smallest absolute Gasteiger partial charge is 0.378 e. The highest BCUT2D eigenvalue weighted by molar-refractivity contribution is 6.60. The first-order valence-electron chi connectivity index (χ1n) is 10.5. The van der Waals surface area contributed by atoms with Gasteiger partial charge in [0.1, 0.15) is 0 Å². The van der Waals surface area contributed by atoms with Crippen LogP contribution in [-0.2, 0) is 24.4 Å². The Morgan fingerprint density at radius 1 is 0.889 bits per heavy atom. The van der Waals surface area contributed by atoms with E-state index in [0.29, 0.717) is 12.0 Å². The highest BCUT2D eigenvalue weighted by Crippen LogP contribution is 2.34. The molecular formula is C22H38O4Si. The van der Waals surface area contributed by atoms with Crippen LogP contribution in [0.5, 0.6) is 0 Å². The molecule has 4 nitrogen and oxygen atoms in total. The summed E-state index contributed by atoms with van der Waals surface area (Å²) < 4.78 is 22.5. The first kappa shape index (κ1) is 22.6. The van der Waals surface area contributed by atoms with Gasteiger partial charge in [0.05, 0.1) is 6.10 Å². The molecule has 27 heavy (non-hydrogen) atoms. The van der Waals surface area contributed by atoms with Gasteiger partial charge in [-0.15, -0.1) is 0 Å². The number of unbranched alkanes of at least 4 members (excludes halogenated alkanes) is 1. The van der Waals surface area contributed by atoms with Gasteiger partial charge in [-0.3, -0.25) is 0 Å². The molecule has 0 heterocycles. The molecule has 1 fully saturated rings. The van der Waals surface area contributed by atoms with Crippen molar-refractivity contribution in [1.82, 2.24) is 0 Å². The maximum absolute atomic E-state index is 6.12. The molecule has 0 aliphatic heterocycles. The molecule has 0 N–H and O–H groups in total. The van der Waals surface area contributed by atoms with Crippen molar-refractivity contribution in [2.45, 2.75) is 76.4 Å². The largest absolute Gasteiger partial charge is 0.500 e. The van der Waals surface area contributed by atoms with E-state index in [9.17, 15) is 0 Å². The van der Waals surface area contributed by atoms with Crippen LogP contribution in [0.15, 0.2) is 24.3 Å². The zero-order valence-corrected chi connectivity index (χ0v) is 18.7. The summed E-state index contributed by atoms with van der Waals surface area (Å²) in [5.74, 6) is 0.695. The van der Waals surface area contributed by atoms with Crippen LogP contribution < -0.4 is 0 Å². The molecule has 0 amide bonds. The third-order valence-electron chi connectivity index (χ3n) is 5.86. The lowest BCUT2D eigenvalue weighted by Crippen LogP contribution is -2.42. The van der Waals surface area contributed by atoms with Crippen molar-refractivity contribution in [1.29, 1.82) is 0 Å². The zero-order valence-electron chi connectivity index (χ0n) is 17.7. The molecule has 0 radical (unpaired) electrons. The van der Waals surface area contributed by atoms with Crippen molar-refractivity contribution in [3.63, 3.8) is 0 Å². The van der Waals surface area contributed by atoms with Crippen LogP contribution in [-0.4, -0.2) is 42.8 Å². The van der Waals surface area contributed by atoms with Crippen molar-refractivity contribution in [2.75, 3.05) is 27.9 Å². The van der Waals surface area contributed by atoms with Crippen molar-refractivity contribution in [3.8, 4) is 0 Å². The second-order valence-corrected chi connectivity index (χ2v) is 10.7. The summed E-state index contributed by atoms with van der Waals surface area (Å²) in [6.45, 7) is 3.01. The van der Waals surface area contributed by atoms with Crippen LogP contribution in [0.25, 0.3) is 0 Å². The van der Waals surface area contributed by atoms with E-state index in [1.165, 1.54) is 43.2 Å². The molecule has 0 atom stereocenters. The minimum absolute atomic E-state index is 0.397. The first-order valence-corrected chi connectivity index (χ1v) is 12.5. The summed E-state index contributed by atoms with van der Waals surface area (Å²) in [6, 6.07) is 10.1. The summed E-state index contributed by atoms with van der Waals surface area (Å²) in [4.78, 5) is 0. The highest BCUT2D eigenvalue weighted by Gasteiger charge is 2.37. The Bertz CT molecular complexity index is 499. The molecule has 2 rings (SSSR count). The molecular weight excluding hydrogens is 356 g/mol. The summed E-state index contributed by atoms with van der Waals surface area (Å²) in [6.07, 6.45) is 9.83. The predicted molar refractivity (Wildman–Crippen MR) is 112 cm³/mol. The zero-order chi connectivity index (χ0) is 19.5. The maximum Gasteiger partial charge on any atom is 0.500 e. The van der Waals surface area contributed by atoms with Gasteiger partial charge in [-0.25, -0.2) is 0 Å². The minimum Gasteiger partial charge on any atom is -0.378 e. The van der Waals surface area contributed by atoms with Crippen molar-refractivity contribution in [2.24, 2.45) is 0 Å². The van der Waals surface area contributed by atoms with E-state index in [1.807, 2.05) is 0 Å². The molecule has 0 aromatic heterocycles. The highest BCUT2D eigenvalue weighted by atomic mass is 28.4. The van der Waals surface area contributed by atoms with Crippen LogP contribution in [0, 0.1) is 0 Å². The van der Waals surface area contributed by atoms with Gasteiger partial charge < -0.3 is 18.0 Å². The quantitative estimate of drug-likeness (QED) is 0.354. The molecule has 5 heteroatoms. The van der Waals surface area contributed by atoms with Gasteiger partial charge in [-0.1, -0.05) is 37.6 Å². The summed E-state index contributed by atoms with van der Waals surface area (Å²) in [5, 5.41) is 0. The Balaban J connectivity index is 1.68. The topological polar surface area (TPSA) is 36.9 Å². The first-order chi connectivity index (χ1) is 13.2. The lowest BCUT2D eigenvalue weighted by molar-refractivity contribution is 0.0225. The number of ether oxygens (including phenoxy) is 1. The molecule has 1 aromatic carbocycles. The standard InChI is InChI=1S/C22H38O4Si/c1-5-6-8-19-9-11-20(12-10-19)21-13-15-22(16-14-21)26-17-7-18-27(23-2,24-3)25-4/h9-12,21-22H,5-8,13-18H2,1-4H3/t21-,22-. The Hall–Kier alpha value is -0.723. The van der Waals surface area contributed by atoms with Crippen molar-refractivity contribution >= 4 is 8.80 Å². The Labute approximate surface area is 166 Å². The second-order valence-electron chi connectivity index (χ2n) is 7.59. The van der Waals surface area contributed by atoms with Crippen LogP contribution in [0.1, 0.15) is 68.9 Å². The fraction of sp³-hybridized carbons (Fsp3) is 0.727. The maximum atomic E-state index is 6.12. The van der Waals surface area contributed by atoms with Gasteiger partial charge in [0.2, 0.25) is 0 Å². The molecule has 0 spiro atoms. The van der Waals surface area contributed by atoms with Gasteiger partial charge >= 0.3 is 8.80 Å². The average Bonchev–Trinajstić information content (AvgIpc) is 2.74. The van der Waals surface area contributed by atoms with Crippen LogP contribution in [0.2, 0.25) is 6.04 Å². The van der Waals surface area contributed by atoms with Gasteiger partial charge in [0.25, 0.3) is 0 Å². The molecule has 1 aromatic rings. The van der Waals surface area contributed by atoms with E-state index in [2.05, 4.69) is 31.2 Å². The lowest BCUT2D eigenvalue weighted by atomic mass is 9.82. The van der Waals surface area contributed by atoms with E-state index >= 15 is 0 Å². The normalized spacial score (nSPS) is 20.7. The Morgan fingerprint density at radius 2 is 1.52 bits per heavy atom. The molecule has 154 valence electrons. The predicted octanol–water partition coefficient (Wildman–Crippen LogP) is 5.34. The molecule has 0 bridgehead atoms. The number of aryl methyl sites for hydroxylation is 1. The van der Waals surface area contributed by atoms with E-state index in [4.69, 9.17) is 18.0 Å². The molecule has 0 unspecified atom stereocenters. The van der Waals surface area contributed by atoms with E-state index in [0.717, 1.165) is 31.9 Å². The summed E-state index contributed by atoms with van der Waals surface area (Å²) >= 11 is 0. The van der Waals surface area contributed by atoms with Crippen LogP contribution in [0.3, 0.4) is 0 Å². The van der Waals surface area contributed by atoms with Gasteiger partial charge in [-0.05, 0) is 62.0 Å². The van der Waals surface area contributed by atoms with E-state index < -0.39 is 8.80 Å². The fourth-order valence-corrected chi connectivity index (χ4v) is 5.68. The lowest BCUT2D eigenvalue weighted by Gasteiger charge is -2.29. The van der Waals surface area contributed by atoms with Crippen molar-refractivity contribution in [3.05, 3.63) is 35.4 Å². The van der Waals surface area contributed by atoms with E-state index in [1.54, 1.807) is 21.3 Å². The van der Waals surface area contributed by atoms with Gasteiger partial charge in [0.15, 0.2) is 0 Å². The SMILES string of the molecule is CCCCc1ccc([C@H]2CC[C@H](OCCC[Si](OC)(OC)OC)CC2)cc1. The third-order valence-corrected chi connectivity index (χ3v) is 8.69. The van der Waals surface area contributed by atoms with Crippen LogP contribution >= 0.6 is 0 Å². The number of benzene rings is 1. The van der Waals surface area contributed by atoms with Gasteiger partial charge in [-0.2, -0.15) is 0 Å². The Kier molecular flexibility index (Phi) is 10.0. The third kappa shape index (κ3) is 6.99. The van der Waals surface area contributed by atoms with E-state index in [-0.39, 0.29) is 0 Å². The molecule has 1 aliphatic carbocycles. The number of hydrogen-bond acceptors (Lipinski definition) is 4.